The molecule has 1 aliphatic carbocycles. The second kappa shape index (κ2) is 9.72. The molecule has 2 aromatic carbocycles. The number of hydrogen-bond acceptors (Lipinski definition) is 1. The molecule has 2 atom stereocenters. The van der Waals surface area contributed by atoms with Gasteiger partial charge in [0.05, 0.1) is 6.54 Å². The van der Waals surface area contributed by atoms with E-state index in [2.05, 4.69) is 59.6 Å². The first-order valence-corrected chi connectivity index (χ1v) is 12.1. The van der Waals surface area contributed by atoms with Crippen molar-refractivity contribution < 1.29 is 9.36 Å². The van der Waals surface area contributed by atoms with E-state index in [-0.39, 0.29) is 11.8 Å². The highest BCUT2D eigenvalue weighted by Gasteiger charge is 2.51. The molecule has 1 heterocycles. The lowest BCUT2D eigenvalue weighted by Gasteiger charge is -2.37. The minimum atomic E-state index is -0.810. The first-order chi connectivity index (χ1) is 15.6. The topological polar surface area (TPSA) is 51.9 Å². The summed E-state index contributed by atoms with van der Waals surface area (Å²) in [6, 6.07) is 20.7. The standard InChI is InChI=1S/C28H35N3O/c1-3-4-11-18-30-19-20-31(22(30)2)26-17-16-25(21-26)28(27(29)32,23-12-7-5-8-13-23)24-14-9-6-10-15-24/h5-10,12-15,19-20,25-26H,3-4,11,16-18,21H2,1-2H3,(H-,29,32)/p+1/t25-,26+/m1/s1. The number of nitrogens with two attached hydrogens (primary N) is 1. The monoisotopic (exact) mass is 430 g/mol. The lowest BCUT2D eigenvalue weighted by atomic mass is 9.64. The average Bonchev–Trinajstić information content (AvgIpc) is 3.43. The summed E-state index contributed by atoms with van der Waals surface area (Å²) < 4.78 is 4.80. The Balaban J connectivity index is 1.67. The smallest absolute Gasteiger partial charge is 0.253 e. The minimum Gasteiger partial charge on any atom is -0.369 e. The van der Waals surface area contributed by atoms with Crippen LogP contribution < -0.4 is 10.3 Å². The Morgan fingerprint density at radius 2 is 1.66 bits per heavy atom. The van der Waals surface area contributed by atoms with E-state index in [1.165, 1.54) is 25.1 Å². The molecular weight excluding hydrogens is 394 g/mol. The fourth-order valence-electron chi connectivity index (χ4n) is 5.80. The molecule has 0 unspecified atom stereocenters. The van der Waals surface area contributed by atoms with Gasteiger partial charge in [-0.2, -0.15) is 0 Å². The zero-order valence-corrected chi connectivity index (χ0v) is 19.4. The third-order valence-corrected chi connectivity index (χ3v) is 7.46. The summed E-state index contributed by atoms with van der Waals surface area (Å²) in [5.74, 6) is 1.21. The Hall–Kier alpha value is -2.88. The van der Waals surface area contributed by atoms with Gasteiger partial charge in [0.25, 0.3) is 5.82 Å². The van der Waals surface area contributed by atoms with Gasteiger partial charge in [-0.3, -0.25) is 4.79 Å². The number of imidazole rings is 1. The van der Waals surface area contributed by atoms with Crippen LogP contribution >= 0.6 is 0 Å². The highest BCUT2D eigenvalue weighted by Crippen LogP contribution is 2.49. The molecule has 3 aromatic rings. The summed E-state index contributed by atoms with van der Waals surface area (Å²) in [5, 5.41) is 0. The van der Waals surface area contributed by atoms with Gasteiger partial charge >= 0.3 is 0 Å². The summed E-state index contributed by atoms with van der Waals surface area (Å²) in [6.45, 7) is 5.53. The molecule has 2 N–H and O–H groups in total. The van der Waals surface area contributed by atoms with Crippen molar-refractivity contribution in [2.75, 3.05) is 0 Å². The molecule has 1 aromatic heterocycles. The molecule has 32 heavy (non-hydrogen) atoms. The summed E-state index contributed by atoms with van der Waals surface area (Å²) in [6.07, 6.45) is 11.1. The van der Waals surface area contributed by atoms with Crippen molar-refractivity contribution in [1.29, 1.82) is 0 Å². The van der Waals surface area contributed by atoms with Crippen LogP contribution in [0.1, 0.15) is 68.4 Å². The number of aromatic nitrogens is 2. The normalized spacial score (nSPS) is 18.7. The van der Waals surface area contributed by atoms with Crippen molar-refractivity contribution in [1.82, 2.24) is 4.57 Å². The number of hydrogen-bond donors (Lipinski definition) is 1. The number of primary amides is 1. The van der Waals surface area contributed by atoms with Crippen molar-refractivity contribution in [2.24, 2.45) is 11.7 Å². The van der Waals surface area contributed by atoms with Gasteiger partial charge in [0.1, 0.15) is 23.9 Å². The Kier molecular flexibility index (Phi) is 6.78. The summed E-state index contributed by atoms with van der Waals surface area (Å²) in [4.78, 5) is 13.3. The second-order valence-electron chi connectivity index (χ2n) is 9.22. The van der Waals surface area contributed by atoms with Crippen LogP contribution in [-0.2, 0) is 16.8 Å². The van der Waals surface area contributed by atoms with E-state index in [1.54, 1.807) is 0 Å². The first-order valence-electron chi connectivity index (χ1n) is 12.1. The molecule has 4 rings (SSSR count). The average molecular weight is 431 g/mol. The molecule has 4 heteroatoms. The van der Waals surface area contributed by atoms with Crippen LogP contribution in [0.25, 0.3) is 0 Å². The Morgan fingerprint density at radius 3 is 2.22 bits per heavy atom. The van der Waals surface area contributed by atoms with Gasteiger partial charge in [-0.15, -0.1) is 0 Å². The van der Waals surface area contributed by atoms with Gasteiger partial charge < -0.3 is 5.73 Å². The van der Waals surface area contributed by atoms with E-state index in [9.17, 15) is 4.79 Å². The van der Waals surface area contributed by atoms with E-state index in [0.717, 1.165) is 36.9 Å². The first kappa shape index (κ1) is 22.3. The Morgan fingerprint density at radius 1 is 1.03 bits per heavy atom. The van der Waals surface area contributed by atoms with E-state index >= 15 is 0 Å². The van der Waals surface area contributed by atoms with E-state index in [1.807, 2.05) is 36.4 Å². The molecule has 0 aliphatic heterocycles. The maximum absolute atomic E-state index is 13.3. The molecule has 1 amide bonds. The van der Waals surface area contributed by atoms with Crippen molar-refractivity contribution in [3.63, 3.8) is 0 Å². The number of rotatable bonds is 9. The summed E-state index contributed by atoms with van der Waals surface area (Å²) in [7, 11) is 0. The quantitative estimate of drug-likeness (QED) is 0.373. The minimum absolute atomic E-state index is 0.158. The van der Waals surface area contributed by atoms with Crippen molar-refractivity contribution in [3.05, 3.63) is 90.0 Å². The van der Waals surface area contributed by atoms with Crippen LogP contribution in [0.4, 0.5) is 0 Å². The van der Waals surface area contributed by atoms with Crippen LogP contribution in [0, 0.1) is 12.8 Å². The van der Waals surface area contributed by atoms with Crippen LogP contribution in [0.5, 0.6) is 0 Å². The molecule has 1 fully saturated rings. The van der Waals surface area contributed by atoms with Gasteiger partial charge in [-0.1, -0.05) is 74.0 Å². The third kappa shape index (κ3) is 3.99. The molecule has 0 bridgehead atoms. The van der Waals surface area contributed by atoms with Crippen molar-refractivity contribution in [2.45, 2.75) is 70.4 Å². The SMILES string of the molecule is CCCCC[n+]1ccn([C@H]2CC[C@@H](C(C(N)=O)(c3ccccc3)c3ccccc3)C2)c1C. The van der Waals surface area contributed by atoms with Crippen LogP contribution in [0.3, 0.4) is 0 Å². The van der Waals surface area contributed by atoms with Gasteiger partial charge in [-0.25, -0.2) is 9.13 Å². The van der Waals surface area contributed by atoms with Crippen LogP contribution in [-0.4, -0.2) is 10.5 Å². The number of nitrogens with zero attached hydrogens (tertiary/aromatic N) is 2. The maximum Gasteiger partial charge on any atom is 0.253 e. The molecule has 1 aliphatic rings. The van der Waals surface area contributed by atoms with Crippen molar-refractivity contribution in [3.8, 4) is 0 Å². The largest absolute Gasteiger partial charge is 0.369 e. The number of amides is 1. The van der Waals surface area contributed by atoms with Gasteiger partial charge in [0.2, 0.25) is 5.91 Å². The molecule has 0 radical (unpaired) electrons. The highest BCUT2D eigenvalue weighted by atomic mass is 16.1. The molecule has 1 saturated carbocycles. The predicted octanol–water partition coefficient (Wildman–Crippen LogP) is 5.09. The molecule has 4 nitrogen and oxygen atoms in total. The molecule has 168 valence electrons. The second-order valence-corrected chi connectivity index (χ2v) is 9.22. The fraction of sp³-hybridized carbons (Fsp3) is 0.429. The van der Waals surface area contributed by atoms with E-state index in [4.69, 9.17) is 5.73 Å². The number of benzene rings is 2. The summed E-state index contributed by atoms with van der Waals surface area (Å²) >= 11 is 0. The fourth-order valence-corrected chi connectivity index (χ4v) is 5.80. The van der Waals surface area contributed by atoms with Crippen molar-refractivity contribution >= 4 is 5.91 Å². The molecular formula is C28H36N3O+. The predicted molar refractivity (Wildman–Crippen MR) is 128 cm³/mol. The summed E-state index contributed by atoms with van der Waals surface area (Å²) in [5.41, 5.74) is 7.45. The lowest BCUT2D eigenvalue weighted by molar-refractivity contribution is -0.703. The van der Waals surface area contributed by atoms with E-state index in [0.29, 0.717) is 6.04 Å². The van der Waals surface area contributed by atoms with Crippen LogP contribution in [0.2, 0.25) is 0 Å². The lowest BCUT2D eigenvalue weighted by Crippen LogP contribution is -2.47. The number of unbranched alkanes of at least 4 members (excludes halogenated alkanes) is 2. The zero-order valence-electron chi connectivity index (χ0n) is 19.4. The number of aryl methyl sites for hydroxylation is 1. The number of carbonyl (C=O) groups is 1. The Labute approximate surface area is 192 Å². The number of carbonyl (C=O) groups excluding carboxylic acids is 1. The van der Waals surface area contributed by atoms with Gasteiger partial charge in [0.15, 0.2) is 0 Å². The van der Waals surface area contributed by atoms with E-state index < -0.39 is 5.41 Å². The molecule has 0 saturated heterocycles. The van der Waals surface area contributed by atoms with Gasteiger partial charge in [-0.05, 0) is 49.1 Å². The third-order valence-electron chi connectivity index (χ3n) is 7.46. The Bertz CT molecular complexity index is 986. The van der Waals surface area contributed by atoms with Crippen LogP contribution in [0.15, 0.2) is 73.1 Å². The maximum atomic E-state index is 13.3. The highest BCUT2D eigenvalue weighted by molar-refractivity contribution is 5.91. The van der Waals surface area contributed by atoms with Gasteiger partial charge in [0, 0.05) is 6.92 Å². The zero-order chi connectivity index (χ0) is 22.6. The molecule has 0 spiro atoms.